The second kappa shape index (κ2) is 15.8. The lowest BCUT2D eigenvalue weighted by Crippen LogP contribution is -2.53. The second-order valence-corrected chi connectivity index (χ2v) is 22.3. The Hall–Kier alpha value is -0.0400. The molecule has 0 radical (unpaired) electrons. The lowest BCUT2D eigenvalue weighted by molar-refractivity contribution is -0.0378. The van der Waals surface area contributed by atoms with Crippen LogP contribution in [0.4, 0.5) is 0 Å². The van der Waals surface area contributed by atoms with Gasteiger partial charge in [-0.15, -0.1) is 0 Å². The van der Waals surface area contributed by atoms with Gasteiger partial charge in [0.15, 0.2) is 0 Å². The molecule has 10 aliphatic rings. The van der Waals surface area contributed by atoms with Gasteiger partial charge in [0.1, 0.15) is 0 Å². The molecular weight excluding hydrogens is 615 g/mol. The van der Waals surface area contributed by atoms with Crippen LogP contribution in [0.5, 0.6) is 0 Å². The summed E-state index contributed by atoms with van der Waals surface area (Å²) in [7, 11) is 0. The maximum atomic E-state index is 3.31. The Morgan fingerprint density at radius 3 is 1.33 bits per heavy atom. The number of fused-ring (bicyclic) bond motifs is 5. The van der Waals surface area contributed by atoms with Gasteiger partial charge in [0.2, 0.25) is 0 Å². The van der Waals surface area contributed by atoms with Crippen LogP contribution in [0.3, 0.4) is 0 Å². The van der Waals surface area contributed by atoms with Crippen LogP contribution >= 0.6 is 0 Å². The zero-order valence-electron chi connectivity index (χ0n) is 33.6. The maximum absolute atomic E-state index is 3.31. The van der Waals surface area contributed by atoms with E-state index in [2.05, 4.69) is 4.90 Å². The molecule has 0 aromatic rings. The van der Waals surface area contributed by atoms with E-state index in [9.17, 15) is 0 Å². The Bertz CT molecular complexity index is 1090. The van der Waals surface area contributed by atoms with E-state index in [0.717, 1.165) is 101 Å². The van der Waals surface area contributed by atoms with E-state index in [4.69, 9.17) is 0 Å². The van der Waals surface area contributed by atoms with E-state index in [1.807, 2.05) is 0 Å². The standard InChI is InChI=1S/C50H83N/c1-3-12-34(13-4-1)35-22-26-43(27-23-35)51(42-17-5-2-6-18-42)44-28-24-36(25-29-44)45-20-11-21-47-48(45)33-41-32-39-16-9-10-19-46(39)49(50(41)47)40-30-37-14-7-8-15-38(37)31-40/h34-50H,1-33H2. The highest BCUT2D eigenvalue weighted by atomic mass is 15.2. The Kier molecular flexibility index (Phi) is 11.0. The molecule has 0 N–H and O–H groups in total. The third kappa shape index (κ3) is 7.02. The molecule has 1 nitrogen and oxygen atoms in total. The SMILES string of the molecule is C1CCC(C2CCC(N(C3CCCCC3)C3CCC(C4CCCC5C4CC4CC6CCCCC6C(C6CC7CCCCC7C6)C45)CC3)CC2)CC1. The number of hydrogen-bond donors (Lipinski definition) is 0. The van der Waals surface area contributed by atoms with Crippen molar-refractivity contribution >= 4 is 0 Å². The van der Waals surface area contributed by atoms with Gasteiger partial charge in [-0.3, -0.25) is 4.90 Å². The molecule has 0 heterocycles. The maximum Gasteiger partial charge on any atom is 0.0101 e. The summed E-state index contributed by atoms with van der Waals surface area (Å²) in [4.78, 5) is 3.31. The summed E-state index contributed by atoms with van der Waals surface area (Å²) in [6.07, 6.45) is 52.3. The molecule has 1 heteroatoms. The van der Waals surface area contributed by atoms with Gasteiger partial charge in [-0.05, 0) is 192 Å². The highest BCUT2D eigenvalue weighted by molar-refractivity contribution is 5.08. The van der Waals surface area contributed by atoms with Crippen LogP contribution in [0.25, 0.3) is 0 Å². The predicted octanol–water partition coefficient (Wildman–Crippen LogP) is 14.0. The van der Waals surface area contributed by atoms with E-state index < -0.39 is 0 Å². The minimum Gasteiger partial charge on any atom is -0.294 e. The minimum atomic E-state index is 0.935. The quantitative estimate of drug-likeness (QED) is 0.267. The first-order chi connectivity index (χ1) is 25.3. The van der Waals surface area contributed by atoms with Gasteiger partial charge in [-0.1, -0.05) is 103 Å². The molecule has 51 heavy (non-hydrogen) atoms. The van der Waals surface area contributed by atoms with Crippen molar-refractivity contribution in [1.82, 2.24) is 4.90 Å². The third-order valence-corrected chi connectivity index (χ3v) is 20.4. The first kappa shape index (κ1) is 35.4. The lowest BCUT2D eigenvalue weighted by atomic mass is 9.53. The van der Waals surface area contributed by atoms with Gasteiger partial charge in [0.05, 0.1) is 0 Å². The molecule has 288 valence electrons. The number of rotatable bonds is 6. The van der Waals surface area contributed by atoms with Crippen LogP contribution in [0.2, 0.25) is 0 Å². The third-order valence-electron chi connectivity index (χ3n) is 20.4. The van der Waals surface area contributed by atoms with Crippen molar-refractivity contribution in [1.29, 1.82) is 0 Å². The average Bonchev–Trinajstić information content (AvgIpc) is 3.80. The molecule has 10 fully saturated rings. The molecule has 10 aliphatic carbocycles. The zero-order valence-corrected chi connectivity index (χ0v) is 33.6. The Balaban J connectivity index is 0.818. The van der Waals surface area contributed by atoms with Gasteiger partial charge >= 0.3 is 0 Å². The molecule has 0 aliphatic heterocycles. The van der Waals surface area contributed by atoms with Crippen molar-refractivity contribution in [2.24, 2.45) is 82.9 Å². The Morgan fingerprint density at radius 2 is 0.647 bits per heavy atom. The zero-order chi connectivity index (χ0) is 33.7. The van der Waals surface area contributed by atoms with Gasteiger partial charge in [0.25, 0.3) is 0 Å². The lowest BCUT2D eigenvalue weighted by Gasteiger charge is -2.53. The largest absolute Gasteiger partial charge is 0.294 e. The molecule has 0 saturated heterocycles. The topological polar surface area (TPSA) is 3.24 Å². The molecule has 0 bridgehead atoms. The summed E-state index contributed by atoms with van der Waals surface area (Å²) >= 11 is 0. The highest BCUT2D eigenvalue weighted by Crippen LogP contribution is 2.66. The van der Waals surface area contributed by atoms with Crippen molar-refractivity contribution in [3.8, 4) is 0 Å². The highest BCUT2D eigenvalue weighted by Gasteiger charge is 2.59. The van der Waals surface area contributed by atoms with Crippen molar-refractivity contribution in [3.63, 3.8) is 0 Å². The first-order valence-corrected chi connectivity index (χ1v) is 25.1. The minimum absolute atomic E-state index is 0.935. The van der Waals surface area contributed by atoms with E-state index in [1.165, 1.54) is 51.4 Å². The van der Waals surface area contributed by atoms with Gasteiger partial charge < -0.3 is 0 Å². The molecular formula is C50H83N. The Morgan fingerprint density at radius 1 is 0.216 bits per heavy atom. The average molecular weight is 698 g/mol. The van der Waals surface area contributed by atoms with Crippen LogP contribution in [0, 0.1) is 82.9 Å². The van der Waals surface area contributed by atoms with Crippen LogP contribution in [0.1, 0.15) is 212 Å². The summed E-state index contributed by atoms with van der Waals surface area (Å²) in [5.74, 6) is 15.8. The summed E-state index contributed by atoms with van der Waals surface area (Å²) in [5, 5.41) is 0. The second-order valence-electron chi connectivity index (χ2n) is 22.3. The van der Waals surface area contributed by atoms with Crippen LogP contribution in [0.15, 0.2) is 0 Å². The number of nitrogens with zero attached hydrogens (tertiary/aromatic N) is 1. The molecule has 10 rings (SSSR count). The van der Waals surface area contributed by atoms with Crippen LogP contribution < -0.4 is 0 Å². The monoisotopic (exact) mass is 698 g/mol. The fourth-order valence-electron chi connectivity index (χ4n) is 18.5. The number of hydrogen-bond acceptors (Lipinski definition) is 1. The summed E-state index contributed by atoms with van der Waals surface area (Å²) in [6.45, 7) is 0. The molecule has 10 saturated carbocycles. The summed E-state index contributed by atoms with van der Waals surface area (Å²) < 4.78 is 0. The van der Waals surface area contributed by atoms with E-state index in [-0.39, 0.29) is 0 Å². The normalized spacial score (nSPS) is 49.9. The predicted molar refractivity (Wildman–Crippen MR) is 214 cm³/mol. The summed E-state index contributed by atoms with van der Waals surface area (Å²) in [5.41, 5.74) is 0. The van der Waals surface area contributed by atoms with Gasteiger partial charge in [0, 0.05) is 18.1 Å². The summed E-state index contributed by atoms with van der Waals surface area (Å²) in [6, 6.07) is 2.81. The molecule has 0 aromatic heterocycles. The van der Waals surface area contributed by atoms with Gasteiger partial charge in [-0.25, -0.2) is 0 Å². The van der Waals surface area contributed by atoms with Crippen molar-refractivity contribution in [2.75, 3.05) is 0 Å². The molecule has 10 atom stereocenters. The fraction of sp³-hybridized carbons (Fsp3) is 1.00. The molecule has 10 unspecified atom stereocenters. The Labute approximate surface area is 316 Å². The molecule has 0 aromatic carbocycles. The van der Waals surface area contributed by atoms with E-state index >= 15 is 0 Å². The first-order valence-electron chi connectivity index (χ1n) is 25.1. The molecule has 0 amide bonds. The van der Waals surface area contributed by atoms with E-state index in [0.29, 0.717) is 0 Å². The smallest absolute Gasteiger partial charge is 0.0101 e. The van der Waals surface area contributed by atoms with Crippen LogP contribution in [-0.4, -0.2) is 23.0 Å². The van der Waals surface area contributed by atoms with Crippen molar-refractivity contribution in [2.45, 2.75) is 230 Å². The van der Waals surface area contributed by atoms with Gasteiger partial charge in [-0.2, -0.15) is 0 Å². The fourth-order valence-corrected chi connectivity index (χ4v) is 18.5. The van der Waals surface area contributed by atoms with E-state index in [1.54, 1.807) is 161 Å². The van der Waals surface area contributed by atoms with Crippen molar-refractivity contribution < 1.29 is 0 Å². The van der Waals surface area contributed by atoms with Crippen LogP contribution in [-0.2, 0) is 0 Å². The van der Waals surface area contributed by atoms with Crippen molar-refractivity contribution in [3.05, 3.63) is 0 Å². The molecule has 0 spiro atoms.